The molecule has 4 heterocycles. The molecule has 2 saturated heterocycles. The monoisotopic (exact) mass is 514 g/mol. The molecule has 0 N–H and O–H groups in total. The van der Waals surface area contributed by atoms with Crippen molar-refractivity contribution >= 4 is 23.6 Å². The number of aryl methyl sites for hydroxylation is 2. The third-order valence-corrected chi connectivity index (χ3v) is 7.23. The average Bonchev–Trinajstić information content (AvgIpc) is 3.21. The lowest BCUT2D eigenvalue weighted by Gasteiger charge is -2.36. The second kappa shape index (κ2) is 10.7. The summed E-state index contributed by atoms with van der Waals surface area (Å²) in [6, 6.07) is 13.3. The van der Waals surface area contributed by atoms with E-state index < -0.39 is 0 Å². The van der Waals surface area contributed by atoms with Crippen molar-refractivity contribution in [3.8, 4) is 5.75 Å². The van der Waals surface area contributed by atoms with E-state index in [4.69, 9.17) is 4.74 Å². The van der Waals surface area contributed by atoms with Gasteiger partial charge in [-0.3, -0.25) is 9.69 Å². The number of carbonyl (C=O) groups excluding carboxylic acids is 2. The van der Waals surface area contributed by atoms with Gasteiger partial charge in [-0.15, -0.1) is 0 Å². The van der Waals surface area contributed by atoms with Crippen LogP contribution in [0.3, 0.4) is 0 Å². The lowest BCUT2D eigenvalue weighted by molar-refractivity contribution is 0.0746. The van der Waals surface area contributed by atoms with Crippen LogP contribution in [0.5, 0.6) is 5.75 Å². The molecule has 9 heteroatoms. The third kappa shape index (κ3) is 5.14. The molecule has 0 spiro atoms. The summed E-state index contributed by atoms with van der Waals surface area (Å²) >= 11 is 0. The van der Waals surface area contributed by atoms with Crippen LogP contribution < -0.4 is 14.5 Å². The Bertz CT molecular complexity index is 1300. The molecule has 0 radical (unpaired) electrons. The van der Waals surface area contributed by atoms with Crippen LogP contribution in [0, 0.1) is 13.8 Å². The Kier molecular flexibility index (Phi) is 7.18. The normalized spacial score (nSPS) is 17.8. The van der Waals surface area contributed by atoms with E-state index in [1.807, 2.05) is 54.1 Å². The highest BCUT2D eigenvalue weighted by atomic mass is 16.5. The Morgan fingerprint density at radius 1 is 1.00 bits per heavy atom. The number of benzene rings is 1. The highest BCUT2D eigenvalue weighted by Crippen LogP contribution is 2.26. The molecule has 0 saturated carbocycles. The number of hydrogen-bond acceptors (Lipinski definition) is 6. The van der Waals surface area contributed by atoms with Gasteiger partial charge in [-0.25, -0.2) is 14.8 Å². The van der Waals surface area contributed by atoms with Gasteiger partial charge in [0.1, 0.15) is 17.4 Å². The number of piperazine rings is 1. The first-order valence-electron chi connectivity index (χ1n) is 13.0. The van der Waals surface area contributed by atoms with Crippen molar-refractivity contribution in [2.24, 2.45) is 0 Å². The van der Waals surface area contributed by atoms with Gasteiger partial charge in [-0.2, -0.15) is 0 Å². The van der Waals surface area contributed by atoms with Crippen LogP contribution in [-0.2, 0) is 6.54 Å². The van der Waals surface area contributed by atoms with Crippen molar-refractivity contribution in [3.63, 3.8) is 0 Å². The second-order valence-electron chi connectivity index (χ2n) is 10.1. The number of aromatic nitrogens is 2. The van der Waals surface area contributed by atoms with Crippen LogP contribution >= 0.6 is 0 Å². The largest absolute Gasteiger partial charge is 0.497 e. The highest BCUT2D eigenvalue weighted by Gasteiger charge is 2.36. The highest BCUT2D eigenvalue weighted by molar-refractivity contribution is 5.96. The smallest absolute Gasteiger partial charge is 0.326 e. The first kappa shape index (κ1) is 25.5. The van der Waals surface area contributed by atoms with Crippen LogP contribution in [0.2, 0.25) is 0 Å². The number of ether oxygens (including phenoxy) is 1. The molecule has 5 rings (SSSR count). The summed E-state index contributed by atoms with van der Waals surface area (Å²) in [5.74, 6) is 2.29. The van der Waals surface area contributed by atoms with E-state index in [0.29, 0.717) is 37.6 Å². The number of anilines is 2. The number of nitrogens with zero attached hydrogens (tertiary/aromatic N) is 6. The number of hydrogen-bond donors (Lipinski definition) is 0. The summed E-state index contributed by atoms with van der Waals surface area (Å²) in [6.07, 6.45) is 3.47. The Labute approximate surface area is 223 Å². The Balaban J connectivity index is 1.20. The molecule has 38 heavy (non-hydrogen) atoms. The van der Waals surface area contributed by atoms with Gasteiger partial charge >= 0.3 is 6.03 Å². The average molecular weight is 515 g/mol. The van der Waals surface area contributed by atoms with E-state index in [1.165, 1.54) is 0 Å². The van der Waals surface area contributed by atoms with E-state index >= 15 is 0 Å². The Morgan fingerprint density at radius 2 is 1.74 bits per heavy atom. The van der Waals surface area contributed by atoms with E-state index in [1.54, 1.807) is 30.3 Å². The van der Waals surface area contributed by atoms with Crippen LogP contribution in [0.1, 0.15) is 34.0 Å². The summed E-state index contributed by atoms with van der Waals surface area (Å²) in [5.41, 5.74) is 3.86. The zero-order valence-corrected chi connectivity index (χ0v) is 22.4. The van der Waals surface area contributed by atoms with Crippen LogP contribution in [0.15, 0.2) is 54.9 Å². The van der Waals surface area contributed by atoms with Crippen molar-refractivity contribution in [3.05, 3.63) is 77.1 Å². The number of pyridine rings is 2. The maximum Gasteiger partial charge on any atom is 0.326 e. The van der Waals surface area contributed by atoms with E-state index in [0.717, 1.165) is 41.3 Å². The van der Waals surface area contributed by atoms with Crippen molar-refractivity contribution in [2.75, 3.05) is 49.6 Å². The zero-order valence-electron chi connectivity index (χ0n) is 22.4. The van der Waals surface area contributed by atoms with Crippen molar-refractivity contribution in [1.82, 2.24) is 19.8 Å². The topological polar surface area (TPSA) is 82.1 Å². The predicted molar refractivity (Wildman–Crippen MR) is 147 cm³/mol. The van der Waals surface area contributed by atoms with Gasteiger partial charge in [0.15, 0.2) is 0 Å². The molecule has 9 nitrogen and oxygen atoms in total. The number of urea groups is 1. The van der Waals surface area contributed by atoms with Crippen LogP contribution in [0.25, 0.3) is 0 Å². The minimum absolute atomic E-state index is 0.0262. The molecule has 1 aromatic carbocycles. The number of rotatable bonds is 6. The summed E-state index contributed by atoms with van der Waals surface area (Å²) in [5, 5.41) is 0. The first-order chi connectivity index (χ1) is 18.3. The number of amides is 3. The lowest BCUT2D eigenvalue weighted by atomic mass is 10.2. The molecular formula is C29H34N6O3. The summed E-state index contributed by atoms with van der Waals surface area (Å²) < 4.78 is 5.22. The van der Waals surface area contributed by atoms with Gasteiger partial charge in [-0.1, -0.05) is 18.2 Å². The minimum Gasteiger partial charge on any atom is -0.497 e. The van der Waals surface area contributed by atoms with Gasteiger partial charge in [0.05, 0.1) is 18.7 Å². The predicted octanol–water partition coefficient (Wildman–Crippen LogP) is 3.90. The molecule has 2 aliphatic rings. The Hall–Kier alpha value is -4.14. The Morgan fingerprint density at radius 3 is 2.37 bits per heavy atom. The van der Waals surface area contributed by atoms with Gasteiger partial charge in [-0.05, 0) is 61.7 Å². The number of carbonyl (C=O) groups is 2. The SMILES string of the molecule is COc1ccc(CN2C[C@@H](C)N(c3ccc(C(=O)N4CCN(c5ncc(C)cc5C)CC4)cn3)C2=O)cc1. The number of methoxy groups -OCH3 is 1. The van der Waals surface area contributed by atoms with Crippen LogP contribution in [0.4, 0.5) is 16.4 Å². The molecule has 3 aromatic rings. The molecule has 2 fully saturated rings. The van der Waals surface area contributed by atoms with Gasteiger partial charge in [0.25, 0.3) is 5.91 Å². The van der Waals surface area contributed by atoms with Crippen molar-refractivity contribution < 1.29 is 14.3 Å². The molecule has 2 aliphatic heterocycles. The third-order valence-electron chi connectivity index (χ3n) is 7.23. The van der Waals surface area contributed by atoms with Crippen LogP contribution in [-0.4, -0.2) is 77.6 Å². The molecule has 198 valence electrons. The lowest BCUT2D eigenvalue weighted by Crippen LogP contribution is -2.49. The molecule has 2 aromatic heterocycles. The fourth-order valence-corrected chi connectivity index (χ4v) is 5.23. The molecule has 0 unspecified atom stereocenters. The molecule has 0 bridgehead atoms. The molecule has 0 aliphatic carbocycles. The maximum atomic E-state index is 13.2. The van der Waals surface area contributed by atoms with E-state index in [9.17, 15) is 9.59 Å². The van der Waals surface area contributed by atoms with Crippen molar-refractivity contribution in [2.45, 2.75) is 33.4 Å². The van der Waals surface area contributed by atoms with E-state index in [-0.39, 0.29) is 18.0 Å². The van der Waals surface area contributed by atoms with Gasteiger partial charge in [0, 0.05) is 51.7 Å². The fraction of sp³-hybridized carbons (Fsp3) is 0.379. The minimum atomic E-state index is -0.0870. The quantitative estimate of drug-likeness (QED) is 0.496. The molecular weight excluding hydrogens is 480 g/mol. The van der Waals surface area contributed by atoms with E-state index in [2.05, 4.69) is 27.9 Å². The maximum absolute atomic E-state index is 13.2. The van der Waals surface area contributed by atoms with Gasteiger partial charge in [0.2, 0.25) is 0 Å². The fourth-order valence-electron chi connectivity index (χ4n) is 5.23. The summed E-state index contributed by atoms with van der Waals surface area (Å²) in [7, 11) is 1.63. The summed E-state index contributed by atoms with van der Waals surface area (Å²) in [6.45, 7) is 9.96. The first-order valence-corrected chi connectivity index (χ1v) is 13.0. The molecule has 1 atom stereocenters. The molecule has 3 amide bonds. The summed E-state index contributed by atoms with van der Waals surface area (Å²) in [4.78, 5) is 43.1. The second-order valence-corrected chi connectivity index (χ2v) is 10.1. The van der Waals surface area contributed by atoms with Crippen molar-refractivity contribution in [1.29, 1.82) is 0 Å². The van der Waals surface area contributed by atoms with Gasteiger partial charge < -0.3 is 19.4 Å². The standard InChI is InChI=1S/C29H34N6O3/c1-20-15-21(2)27(31-16-20)32-11-13-33(14-12-32)28(36)24-7-10-26(30-17-24)35-22(3)18-34(29(35)37)19-23-5-8-25(38-4)9-6-23/h5-10,15-17,22H,11-14,18-19H2,1-4H3/t22-/m1/s1. The zero-order chi connectivity index (χ0) is 26.8.